The van der Waals surface area contributed by atoms with Crippen molar-refractivity contribution in [3.8, 4) is 5.75 Å². The van der Waals surface area contributed by atoms with Gasteiger partial charge in [-0.2, -0.15) is 5.10 Å². The Labute approximate surface area is 205 Å². The molecule has 2 aromatic heterocycles. The number of rotatable bonds is 10. The van der Waals surface area contributed by atoms with Crippen LogP contribution in [0.4, 0.5) is 5.82 Å². The number of fused-ring (bicyclic) bond motifs is 1. The molecule has 3 aromatic rings. The molecule has 0 amide bonds. The summed E-state index contributed by atoms with van der Waals surface area (Å²) in [5.41, 5.74) is 1.90. The van der Waals surface area contributed by atoms with E-state index in [9.17, 15) is 0 Å². The van der Waals surface area contributed by atoms with Crippen LogP contribution in [0.25, 0.3) is 11.0 Å². The number of anilines is 1. The third kappa shape index (κ3) is 6.44. The van der Waals surface area contributed by atoms with Crippen LogP contribution in [-0.2, 0) is 13.6 Å². The molecule has 3 N–H and O–H groups in total. The van der Waals surface area contributed by atoms with E-state index in [0.717, 1.165) is 53.2 Å². The Morgan fingerprint density at radius 2 is 2.03 bits per heavy atom. The number of aliphatic imine (C=N–C) groups is 1. The Kier molecular flexibility index (Phi) is 8.89. The van der Waals surface area contributed by atoms with Crippen LogP contribution >= 0.6 is 24.0 Å². The van der Waals surface area contributed by atoms with Gasteiger partial charge >= 0.3 is 0 Å². The van der Waals surface area contributed by atoms with Gasteiger partial charge in [-0.05, 0) is 31.7 Å². The zero-order valence-corrected chi connectivity index (χ0v) is 20.9. The van der Waals surface area contributed by atoms with Crippen molar-refractivity contribution in [2.24, 2.45) is 18.0 Å². The number of nitrogens with zero attached hydrogens (tertiary/aromatic N) is 5. The van der Waals surface area contributed by atoms with Gasteiger partial charge in [0.05, 0.1) is 24.7 Å². The van der Waals surface area contributed by atoms with Gasteiger partial charge in [-0.3, -0.25) is 4.68 Å². The lowest BCUT2D eigenvalue weighted by atomic mass is 10.2. The zero-order valence-electron chi connectivity index (χ0n) is 18.5. The summed E-state index contributed by atoms with van der Waals surface area (Å²) in [7, 11) is 1.87. The minimum Gasteiger partial charge on any atom is -0.493 e. The monoisotopic (exact) mass is 550 g/mol. The molecular formula is C22H31IN8O. The SMILES string of the molecule is CCNC(=NCc1ccccc1OCC1CC1)NCCNc1ncnc2c1cnn2C.I. The van der Waals surface area contributed by atoms with Crippen molar-refractivity contribution in [3.05, 3.63) is 42.4 Å². The lowest BCUT2D eigenvalue weighted by Gasteiger charge is -2.13. The fourth-order valence-corrected chi connectivity index (χ4v) is 3.24. The predicted octanol–water partition coefficient (Wildman–Crippen LogP) is 2.94. The summed E-state index contributed by atoms with van der Waals surface area (Å²) >= 11 is 0. The minimum absolute atomic E-state index is 0. The molecule has 1 fully saturated rings. The molecule has 4 rings (SSSR count). The van der Waals surface area contributed by atoms with Crippen molar-refractivity contribution in [2.75, 3.05) is 31.6 Å². The van der Waals surface area contributed by atoms with E-state index in [4.69, 9.17) is 9.73 Å². The van der Waals surface area contributed by atoms with Crippen LogP contribution in [0.2, 0.25) is 0 Å². The Balaban J connectivity index is 0.00000289. The van der Waals surface area contributed by atoms with Crippen molar-refractivity contribution < 1.29 is 4.74 Å². The molecule has 0 atom stereocenters. The second-order valence-electron chi connectivity index (χ2n) is 7.64. The fraction of sp³-hybridized carbons (Fsp3) is 0.455. The molecule has 9 nitrogen and oxygen atoms in total. The first kappa shape index (κ1) is 24.0. The van der Waals surface area contributed by atoms with E-state index in [-0.39, 0.29) is 24.0 Å². The van der Waals surface area contributed by atoms with Crippen molar-refractivity contribution in [2.45, 2.75) is 26.3 Å². The predicted molar refractivity (Wildman–Crippen MR) is 138 cm³/mol. The molecule has 1 aliphatic rings. The Bertz CT molecular complexity index is 1030. The number of aromatic nitrogens is 4. The number of para-hydroxylation sites is 1. The summed E-state index contributed by atoms with van der Waals surface area (Å²) in [5, 5.41) is 15.2. The topological polar surface area (TPSA) is 101 Å². The van der Waals surface area contributed by atoms with Crippen molar-refractivity contribution in [1.29, 1.82) is 0 Å². The van der Waals surface area contributed by atoms with Crippen LogP contribution in [0.1, 0.15) is 25.3 Å². The molecule has 0 radical (unpaired) electrons. The highest BCUT2D eigenvalue weighted by Gasteiger charge is 2.22. The van der Waals surface area contributed by atoms with Gasteiger partial charge in [0.1, 0.15) is 17.9 Å². The van der Waals surface area contributed by atoms with Gasteiger partial charge in [-0.25, -0.2) is 15.0 Å². The normalized spacial score (nSPS) is 13.5. The lowest BCUT2D eigenvalue weighted by Crippen LogP contribution is -2.39. The molecule has 0 saturated heterocycles. The summed E-state index contributed by atoms with van der Waals surface area (Å²) in [4.78, 5) is 13.3. The average molecular weight is 550 g/mol. The molecule has 0 bridgehead atoms. The first-order valence-corrected chi connectivity index (χ1v) is 10.8. The lowest BCUT2D eigenvalue weighted by molar-refractivity contribution is 0.297. The molecule has 172 valence electrons. The van der Waals surface area contributed by atoms with Gasteiger partial charge in [0, 0.05) is 32.2 Å². The molecule has 0 spiro atoms. The number of hydrogen-bond acceptors (Lipinski definition) is 6. The van der Waals surface area contributed by atoms with Crippen LogP contribution in [-0.4, -0.2) is 51.9 Å². The molecule has 1 aliphatic carbocycles. The number of hydrogen-bond donors (Lipinski definition) is 3. The molecule has 1 saturated carbocycles. The standard InChI is InChI=1S/C22H30N8O.HI/c1-3-23-22(26-12-17-6-4-5-7-19(17)31-14-16-8-9-16)25-11-10-24-20-18-13-29-30(2)21(18)28-15-27-20;/h4-7,13,15-16H,3,8-12,14H2,1-2H3,(H2,23,25,26)(H,24,27,28);1H. The molecule has 0 aliphatic heterocycles. The van der Waals surface area contributed by atoms with Gasteiger partial charge < -0.3 is 20.7 Å². The molecule has 10 heteroatoms. The summed E-state index contributed by atoms with van der Waals surface area (Å²) in [5.74, 6) is 3.21. The highest BCUT2D eigenvalue weighted by Crippen LogP contribution is 2.30. The highest BCUT2D eigenvalue weighted by molar-refractivity contribution is 14.0. The van der Waals surface area contributed by atoms with E-state index in [1.54, 1.807) is 17.2 Å². The first-order valence-electron chi connectivity index (χ1n) is 10.8. The largest absolute Gasteiger partial charge is 0.493 e. The van der Waals surface area contributed by atoms with Crippen molar-refractivity contribution in [1.82, 2.24) is 30.4 Å². The Hall–Kier alpha value is -2.63. The van der Waals surface area contributed by atoms with Crippen LogP contribution < -0.4 is 20.7 Å². The summed E-state index contributed by atoms with van der Waals surface area (Å²) in [6.45, 7) is 5.59. The number of guanidine groups is 1. The van der Waals surface area contributed by atoms with Gasteiger partial charge in [0.25, 0.3) is 0 Å². The van der Waals surface area contributed by atoms with Gasteiger partial charge in [0.2, 0.25) is 0 Å². The van der Waals surface area contributed by atoms with Gasteiger partial charge in [-0.15, -0.1) is 24.0 Å². The summed E-state index contributed by atoms with van der Waals surface area (Å²) in [6.07, 6.45) is 5.89. The van der Waals surface area contributed by atoms with E-state index in [0.29, 0.717) is 19.6 Å². The van der Waals surface area contributed by atoms with Gasteiger partial charge in [0.15, 0.2) is 11.6 Å². The van der Waals surface area contributed by atoms with E-state index < -0.39 is 0 Å². The molecule has 1 aromatic carbocycles. The summed E-state index contributed by atoms with van der Waals surface area (Å²) < 4.78 is 7.74. The Morgan fingerprint density at radius 3 is 2.84 bits per heavy atom. The quantitative estimate of drug-likeness (QED) is 0.155. The number of ether oxygens (including phenoxy) is 1. The molecule has 32 heavy (non-hydrogen) atoms. The van der Waals surface area contributed by atoms with Gasteiger partial charge in [-0.1, -0.05) is 18.2 Å². The van der Waals surface area contributed by atoms with Crippen LogP contribution in [0.15, 0.2) is 41.8 Å². The number of benzene rings is 1. The van der Waals surface area contributed by atoms with Crippen molar-refractivity contribution >= 4 is 46.8 Å². The van der Waals surface area contributed by atoms with E-state index in [1.165, 1.54) is 12.8 Å². The van der Waals surface area contributed by atoms with E-state index in [2.05, 4.69) is 44.0 Å². The average Bonchev–Trinajstić information content (AvgIpc) is 3.55. The third-order valence-electron chi connectivity index (χ3n) is 5.14. The van der Waals surface area contributed by atoms with Crippen LogP contribution in [0.3, 0.4) is 0 Å². The van der Waals surface area contributed by atoms with Crippen LogP contribution in [0, 0.1) is 5.92 Å². The second kappa shape index (κ2) is 11.8. The number of nitrogens with one attached hydrogen (secondary N) is 3. The van der Waals surface area contributed by atoms with Crippen molar-refractivity contribution in [3.63, 3.8) is 0 Å². The highest BCUT2D eigenvalue weighted by atomic mass is 127. The van der Waals surface area contributed by atoms with E-state index in [1.807, 2.05) is 25.2 Å². The number of halogens is 1. The Morgan fingerprint density at radius 1 is 1.19 bits per heavy atom. The second-order valence-corrected chi connectivity index (χ2v) is 7.64. The first-order chi connectivity index (χ1) is 15.2. The summed E-state index contributed by atoms with van der Waals surface area (Å²) in [6, 6.07) is 8.14. The zero-order chi connectivity index (χ0) is 21.5. The molecule has 2 heterocycles. The number of aryl methyl sites for hydroxylation is 1. The van der Waals surface area contributed by atoms with Crippen LogP contribution in [0.5, 0.6) is 5.75 Å². The fourth-order valence-electron chi connectivity index (χ4n) is 3.24. The third-order valence-corrected chi connectivity index (χ3v) is 5.14. The van der Waals surface area contributed by atoms with E-state index >= 15 is 0 Å². The smallest absolute Gasteiger partial charge is 0.191 e. The molecular weight excluding hydrogens is 519 g/mol. The maximum atomic E-state index is 6.00. The molecule has 0 unspecified atom stereocenters. The maximum absolute atomic E-state index is 6.00. The minimum atomic E-state index is 0. The maximum Gasteiger partial charge on any atom is 0.191 e.